The molecule has 2 heterocycles. The Balaban J connectivity index is 1.92. The van der Waals surface area contributed by atoms with E-state index in [1.54, 1.807) is 12.1 Å². The second-order valence-electron chi connectivity index (χ2n) is 5.66. The highest BCUT2D eigenvalue weighted by atomic mass is 32.2. The van der Waals surface area contributed by atoms with Crippen LogP contribution in [0.15, 0.2) is 34.0 Å². The highest BCUT2D eigenvalue weighted by molar-refractivity contribution is 7.89. The number of rotatable bonds is 4. The molecule has 2 aromatic rings. The molecule has 3 rings (SSSR count). The molecule has 24 heavy (non-hydrogen) atoms. The number of hydrogen-bond donors (Lipinski definition) is 2. The van der Waals surface area contributed by atoms with Gasteiger partial charge in [-0.15, -0.1) is 0 Å². The van der Waals surface area contributed by atoms with E-state index in [2.05, 4.69) is 5.10 Å². The average molecular weight is 352 g/mol. The molecule has 3 N–H and O–H groups in total. The quantitative estimate of drug-likeness (QED) is 0.775. The summed E-state index contributed by atoms with van der Waals surface area (Å²) in [6.45, 7) is 0.121. The van der Waals surface area contributed by atoms with E-state index in [4.69, 9.17) is 5.14 Å². The molecule has 10 heteroatoms. The standard InChI is InChI=1S/C14H16N4O5S/c15-24(22,23)10-6-4-9(5-7-10)8-17-14(21)18-11(13(19)20)2-1-3-12(18)16-17/h4-7,11H,1-3,8H2,(H,19,20)(H2,15,22,23)/t11-/m0/s1. The molecule has 0 bridgehead atoms. The lowest BCUT2D eigenvalue weighted by Crippen LogP contribution is -2.34. The van der Waals surface area contributed by atoms with Gasteiger partial charge in [-0.05, 0) is 30.5 Å². The molecule has 0 spiro atoms. The highest BCUT2D eigenvalue weighted by Gasteiger charge is 2.30. The van der Waals surface area contributed by atoms with Crippen molar-refractivity contribution < 1.29 is 18.3 Å². The van der Waals surface area contributed by atoms with Gasteiger partial charge < -0.3 is 5.11 Å². The fraction of sp³-hybridized carbons (Fsp3) is 0.357. The maximum atomic E-state index is 12.4. The fourth-order valence-corrected chi connectivity index (χ4v) is 3.34. The van der Waals surface area contributed by atoms with Gasteiger partial charge in [-0.3, -0.25) is 4.57 Å². The van der Waals surface area contributed by atoms with Gasteiger partial charge in [0.15, 0.2) is 0 Å². The number of fused-ring (bicyclic) bond motifs is 1. The first kappa shape index (κ1) is 16.4. The van der Waals surface area contributed by atoms with Crippen LogP contribution in [-0.2, 0) is 27.8 Å². The second-order valence-corrected chi connectivity index (χ2v) is 7.22. The zero-order chi connectivity index (χ0) is 17.5. The van der Waals surface area contributed by atoms with Crippen molar-refractivity contribution in [3.63, 3.8) is 0 Å². The molecule has 0 saturated carbocycles. The maximum Gasteiger partial charge on any atom is 0.347 e. The zero-order valence-corrected chi connectivity index (χ0v) is 13.4. The van der Waals surface area contributed by atoms with Crippen LogP contribution in [-0.4, -0.2) is 33.8 Å². The Morgan fingerprint density at radius 2 is 2.00 bits per heavy atom. The molecule has 1 aromatic heterocycles. The van der Waals surface area contributed by atoms with Gasteiger partial charge in [-0.25, -0.2) is 27.8 Å². The Morgan fingerprint density at radius 1 is 1.33 bits per heavy atom. The van der Waals surface area contributed by atoms with E-state index in [9.17, 15) is 23.1 Å². The topological polar surface area (TPSA) is 137 Å². The third kappa shape index (κ3) is 2.97. The summed E-state index contributed by atoms with van der Waals surface area (Å²) in [5.41, 5.74) is 0.180. The normalized spacial score (nSPS) is 17.5. The summed E-state index contributed by atoms with van der Waals surface area (Å²) in [6.07, 6.45) is 1.61. The van der Waals surface area contributed by atoms with Gasteiger partial charge in [0, 0.05) is 6.42 Å². The molecule has 128 valence electrons. The van der Waals surface area contributed by atoms with Crippen molar-refractivity contribution in [3.05, 3.63) is 46.1 Å². The van der Waals surface area contributed by atoms with Crippen molar-refractivity contribution in [3.8, 4) is 0 Å². The number of aryl methyl sites for hydroxylation is 1. The molecule has 0 unspecified atom stereocenters. The predicted molar refractivity (Wildman–Crippen MR) is 83.0 cm³/mol. The number of carboxylic acids is 1. The maximum absolute atomic E-state index is 12.4. The molecule has 1 atom stereocenters. The molecule has 9 nitrogen and oxygen atoms in total. The minimum atomic E-state index is -3.77. The lowest BCUT2D eigenvalue weighted by Gasteiger charge is -2.19. The number of aliphatic carboxylic acids is 1. The van der Waals surface area contributed by atoms with E-state index in [1.807, 2.05) is 0 Å². The Labute approximate surface area is 137 Å². The van der Waals surface area contributed by atoms with E-state index in [0.717, 1.165) is 0 Å². The van der Waals surface area contributed by atoms with Crippen LogP contribution in [0.3, 0.4) is 0 Å². The molecule has 1 aliphatic rings. The van der Waals surface area contributed by atoms with Crippen LogP contribution in [0, 0.1) is 0 Å². The number of nitrogens with zero attached hydrogens (tertiary/aromatic N) is 3. The van der Waals surface area contributed by atoms with Crippen molar-refractivity contribution in [2.75, 3.05) is 0 Å². The van der Waals surface area contributed by atoms with E-state index >= 15 is 0 Å². The lowest BCUT2D eigenvalue weighted by atomic mass is 10.1. The van der Waals surface area contributed by atoms with Crippen LogP contribution in [0.1, 0.15) is 30.3 Å². The Morgan fingerprint density at radius 3 is 2.58 bits per heavy atom. The highest BCUT2D eigenvalue weighted by Crippen LogP contribution is 2.22. The van der Waals surface area contributed by atoms with Crippen LogP contribution in [0.4, 0.5) is 0 Å². The summed E-state index contributed by atoms with van der Waals surface area (Å²) in [7, 11) is -3.77. The summed E-state index contributed by atoms with van der Waals surface area (Å²) < 4.78 is 24.9. The van der Waals surface area contributed by atoms with Gasteiger partial charge in [-0.1, -0.05) is 12.1 Å². The smallest absolute Gasteiger partial charge is 0.347 e. The summed E-state index contributed by atoms with van der Waals surface area (Å²) >= 11 is 0. The van der Waals surface area contributed by atoms with Gasteiger partial charge in [0.1, 0.15) is 11.9 Å². The molecule has 0 radical (unpaired) electrons. The molecule has 0 saturated heterocycles. The van der Waals surface area contributed by atoms with Gasteiger partial charge in [-0.2, -0.15) is 5.10 Å². The fourth-order valence-electron chi connectivity index (χ4n) is 2.83. The number of carbonyl (C=O) groups is 1. The van der Waals surface area contributed by atoms with E-state index < -0.39 is 27.7 Å². The van der Waals surface area contributed by atoms with Crippen molar-refractivity contribution in [2.24, 2.45) is 5.14 Å². The Hall–Kier alpha value is -2.46. The second kappa shape index (κ2) is 5.87. The van der Waals surface area contributed by atoms with Crippen molar-refractivity contribution >= 4 is 16.0 Å². The number of carboxylic acid groups (broad SMARTS) is 1. The monoisotopic (exact) mass is 352 g/mol. The Kier molecular flexibility index (Phi) is 4.01. The average Bonchev–Trinajstić information content (AvgIpc) is 2.83. The van der Waals surface area contributed by atoms with Gasteiger partial charge in [0.05, 0.1) is 11.4 Å². The summed E-state index contributed by atoms with van der Waals surface area (Å²) in [5, 5.41) is 18.5. The first-order valence-corrected chi connectivity index (χ1v) is 8.85. The third-order valence-electron chi connectivity index (χ3n) is 4.00. The predicted octanol–water partition coefficient (Wildman–Crippen LogP) is -0.298. The third-order valence-corrected chi connectivity index (χ3v) is 4.93. The Bertz CT molecular complexity index is 943. The summed E-state index contributed by atoms with van der Waals surface area (Å²) in [6, 6.07) is 4.90. The molecule has 0 aliphatic carbocycles. The molecular formula is C14H16N4O5S. The number of aromatic nitrogens is 3. The number of primary sulfonamides is 1. The summed E-state index contributed by atoms with van der Waals surface area (Å²) in [5.74, 6) is -0.588. The molecule has 0 fully saturated rings. The van der Waals surface area contributed by atoms with Crippen molar-refractivity contribution in [1.82, 2.24) is 14.3 Å². The van der Waals surface area contributed by atoms with E-state index in [1.165, 1.54) is 21.4 Å². The van der Waals surface area contributed by atoms with E-state index in [-0.39, 0.29) is 11.4 Å². The van der Waals surface area contributed by atoms with Crippen molar-refractivity contribution in [1.29, 1.82) is 0 Å². The van der Waals surface area contributed by atoms with E-state index in [0.29, 0.717) is 30.7 Å². The van der Waals surface area contributed by atoms with Gasteiger partial charge in [0.25, 0.3) is 0 Å². The van der Waals surface area contributed by atoms with Crippen LogP contribution >= 0.6 is 0 Å². The van der Waals surface area contributed by atoms with Crippen LogP contribution in [0.25, 0.3) is 0 Å². The first-order chi connectivity index (χ1) is 11.3. The molecule has 1 aromatic carbocycles. The largest absolute Gasteiger partial charge is 0.480 e. The number of hydrogen-bond acceptors (Lipinski definition) is 5. The number of sulfonamides is 1. The van der Waals surface area contributed by atoms with Gasteiger partial charge in [0.2, 0.25) is 10.0 Å². The number of benzene rings is 1. The molecule has 0 amide bonds. The van der Waals surface area contributed by atoms with Gasteiger partial charge >= 0.3 is 11.7 Å². The minimum Gasteiger partial charge on any atom is -0.480 e. The van der Waals surface area contributed by atoms with Crippen molar-refractivity contribution in [2.45, 2.75) is 36.7 Å². The molecular weight excluding hydrogens is 336 g/mol. The lowest BCUT2D eigenvalue weighted by molar-refractivity contribution is -0.141. The SMILES string of the molecule is NS(=O)(=O)c1ccc(Cn2nc3n(c2=O)[C@H](C(=O)O)CCC3)cc1. The van der Waals surface area contributed by atoms with Crippen LogP contribution in [0.2, 0.25) is 0 Å². The zero-order valence-electron chi connectivity index (χ0n) is 12.6. The van der Waals surface area contributed by atoms with Crippen LogP contribution in [0.5, 0.6) is 0 Å². The minimum absolute atomic E-state index is 0.0197. The molecule has 1 aliphatic heterocycles. The first-order valence-electron chi connectivity index (χ1n) is 7.30. The summed E-state index contributed by atoms with van der Waals surface area (Å²) in [4.78, 5) is 23.7. The van der Waals surface area contributed by atoms with Crippen LogP contribution < -0.4 is 10.8 Å². The number of nitrogens with two attached hydrogens (primary N) is 1.